The van der Waals surface area contributed by atoms with Crippen LogP contribution in [0.5, 0.6) is 0 Å². The fourth-order valence-corrected chi connectivity index (χ4v) is 2.23. The summed E-state index contributed by atoms with van der Waals surface area (Å²) in [7, 11) is 0. The molecule has 1 N–H and O–H groups in total. The van der Waals surface area contributed by atoms with Gasteiger partial charge in [0, 0.05) is 18.5 Å². The van der Waals surface area contributed by atoms with Crippen LogP contribution in [0, 0.1) is 0 Å². The number of ether oxygens (including phenoxy) is 1. The van der Waals surface area contributed by atoms with Gasteiger partial charge in [0.25, 0.3) is 0 Å². The van der Waals surface area contributed by atoms with Gasteiger partial charge in [0.1, 0.15) is 0 Å². The average molecular weight is 227 g/mol. The normalized spacial score (nSPS) is 21.7. The molecule has 1 aromatic heterocycles. The van der Waals surface area contributed by atoms with E-state index in [4.69, 9.17) is 4.74 Å². The van der Waals surface area contributed by atoms with Gasteiger partial charge in [-0.1, -0.05) is 4.49 Å². The van der Waals surface area contributed by atoms with Gasteiger partial charge in [0.15, 0.2) is 0 Å². The van der Waals surface area contributed by atoms with Gasteiger partial charge in [-0.15, -0.1) is 5.10 Å². The maximum Gasteiger partial charge on any atom is 0.0893 e. The summed E-state index contributed by atoms with van der Waals surface area (Å²) in [6.45, 7) is 2.77. The Bertz CT molecular complexity index is 260. The first-order valence-electron chi connectivity index (χ1n) is 5.53. The Morgan fingerprint density at radius 2 is 2.53 bits per heavy atom. The van der Waals surface area contributed by atoms with Crippen LogP contribution in [0.1, 0.15) is 31.4 Å². The second-order valence-electron chi connectivity index (χ2n) is 3.85. The van der Waals surface area contributed by atoms with Crippen molar-refractivity contribution in [2.24, 2.45) is 0 Å². The molecule has 0 aliphatic carbocycles. The molecule has 0 spiro atoms. The van der Waals surface area contributed by atoms with Crippen LogP contribution in [0.2, 0.25) is 0 Å². The van der Waals surface area contributed by atoms with E-state index in [1.54, 1.807) is 0 Å². The molecule has 0 bridgehead atoms. The Balaban J connectivity index is 1.54. The van der Waals surface area contributed by atoms with Crippen LogP contribution < -0.4 is 5.32 Å². The third kappa shape index (κ3) is 3.85. The van der Waals surface area contributed by atoms with E-state index in [0.717, 1.165) is 31.8 Å². The second kappa shape index (κ2) is 6.15. The van der Waals surface area contributed by atoms with Crippen LogP contribution >= 0.6 is 11.5 Å². The highest BCUT2D eigenvalue weighted by atomic mass is 32.1. The Kier molecular flexibility index (Phi) is 4.50. The van der Waals surface area contributed by atoms with Crippen molar-refractivity contribution in [2.45, 2.75) is 38.3 Å². The Morgan fingerprint density at radius 3 is 3.27 bits per heavy atom. The number of hydrogen-bond acceptors (Lipinski definition) is 5. The molecule has 2 rings (SSSR count). The zero-order valence-electron chi connectivity index (χ0n) is 8.82. The van der Waals surface area contributed by atoms with Crippen molar-refractivity contribution in [3.8, 4) is 0 Å². The smallest absolute Gasteiger partial charge is 0.0893 e. The maximum atomic E-state index is 5.65. The van der Waals surface area contributed by atoms with Gasteiger partial charge in [-0.25, -0.2) is 0 Å². The summed E-state index contributed by atoms with van der Waals surface area (Å²) in [5, 5.41) is 9.31. The van der Waals surface area contributed by atoms with Crippen LogP contribution in [0.3, 0.4) is 0 Å². The molecule has 1 saturated heterocycles. The van der Waals surface area contributed by atoms with E-state index in [9.17, 15) is 0 Å². The summed E-state index contributed by atoms with van der Waals surface area (Å²) in [5.41, 5.74) is 1.03. The monoisotopic (exact) mass is 227 g/mol. The van der Waals surface area contributed by atoms with E-state index in [2.05, 4.69) is 14.9 Å². The Labute approximate surface area is 94.2 Å². The number of aromatic nitrogens is 2. The van der Waals surface area contributed by atoms with Crippen molar-refractivity contribution >= 4 is 11.5 Å². The van der Waals surface area contributed by atoms with E-state index in [1.165, 1.54) is 30.8 Å². The number of rotatable bonds is 5. The molecule has 1 aliphatic heterocycles. The highest BCUT2D eigenvalue weighted by Crippen LogP contribution is 2.14. The Morgan fingerprint density at radius 1 is 1.53 bits per heavy atom. The number of hydrogen-bond donors (Lipinski definition) is 1. The number of nitrogens with one attached hydrogen (secondary N) is 1. The first-order valence-corrected chi connectivity index (χ1v) is 6.37. The summed E-state index contributed by atoms with van der Waals surface area (Å²) in [6.07, 6.45) is 5.35. The minimum atomic E-state index is 0.472. The molecule has 0 aromatic carbocycles. The van der Waals surface area contributed by atoms with Gasteiger partial charge in [0.2, 0.25) is 0 Å². The van der Waals surface area contributed by atoms with Gasteiger partial charge < -0.3 is 10.1 Å². The molecule has 84 valence electrons. The van der Waals surface area contributed by atoms with E-state index >= 15 is 0 Å². The molecule has 4 nitrogen and oxygen atoms in total. The molecular weight excluding hydrogens is 210 g/mol. The van der Waals surface area contributed by atoms with Crippen LogP contribution in [0.25, 0.3) is 0 Å². The van der Waals surface area contributed by atoms with Crippen molar-refractivity contribution in [1.82, 2.24) is 14.9 Å². The zero-order valence-corrected chi connectivity index (χ0v) is 9.63. The molecule has 1 aromatic rings. The van der Waals surface area contributed by atoms with Crippen LogP contribution in [-0.2, 0) is 11.3 Å². The van der Waals surface area contributed by atoms with Gasteiger partial charge >= 0.3 is 0 Å². The first-order chi connectivity index (χ1) is 7.45. The lowest BCUT2D eigenvalue weighted by molar-refractivity contribution is 0.0115. The first kappa shape index (κ1) is 11.0. The highest BCUT2D eigenvalue weighted by Gasteiger charge is 2.12. The van der Waals surface area contributed by atoms with Crippen molar-refractivity contribution in [3.63, 3.8) is 0 Å². The molecule has 15 heavy (non-hydrogen) atoms. The lowest BCUT2D eigenvalue weighted by Crippen LogP contribution is -2.25. The van der Waals surface area contributed by atoms with Gasteiger partial charge in [-0.05, 0) is 43.8 Å². The van der Waals surface area contributed by atoms with Gasteiger partial charge in [-0.3, -0.25) is 0 Å². The summed E-state index contributed by atoms with van der Waals surface area (Å²) in [6, 6.07) is 0. The number of nitrogens with zero attached hydrogens (tertiary/aromatic N) is 2. The molecule has 0 radical (unpaired) electrons. The zero-order chi connectivity index (χ0) is 10.3. The van der Waals surface area contributed by atoms with Gasteiger partial charge in [0.05, 0.1) is 11.8 Å². The predicted molar refractivity (Wildman–Crippen MR) is 59.8 cm³/mol. The quantitative estimate of drug-likeness (QED) is 0.776. The third-order valence-corrected chi connectivity index (χ3v) is 3.18. The topological polar surface area (TPSA) is 47.0 Å². The minimum absolute atomic E-state index is 0.472. The lowest BCUT2D eigenvalue weighted by Gasteiger charge is -2.22. The predicted octanol–water partition coefficient (Wildman–Crippen LogP) is 1.59. The van der Waals surface area contributed by atoms with Crippen LogP contribution in [-0.4, -0.2) is 28.8 Å². The van der Waals surface area contributed by atoms with Crippen molar-refractivity contribution < 1.29 is 4.74 Å². The standard InChI is InChI=1S/C10H17N3OS/c1-2-6-14-10(3-1)4-5-11-7-9-8-15-13-12-9/h8,10-11H,1-7H2. The summed E-state index contributed by atoms with van der Waals surface area (Å²) < 4.78 is 9.47. The summed E-state index contributed by atoms with van der Waals surface area (Å²) >= 11 is 1.40. The van der Waals surface area contributed by atoms with Crippen LogP contribution in [0.15, 0.2) is 5.38 Å². The average Bonchev–Trinajstić information content (AvgIpc) is 2.79. The molecule has 1 atom stereocenters. The molecule has 0 saturated carbocycles. The fourth-order valence-electron chi connectivity index (χ4n) is 1.78. The van der Waals surface area contributed by atoms with Crippen molar-refractivity contribution in [1.29, 1.82) is 0 Å². The van der Waals surface area contributed by atoms with Crippen molar-refractivity contribution in [3.05, 3.63) is 11.1 Å². The molecule has 5 heteroatoms. The summed E-state index contributed by atoms with van der Waals surface area (Å²) in [5.74, 6) is 0. The summed E-state index contributed by atoms with van der Waals surface area (Å²) in [4.78, 5) is 0. The molecular formula is C10H17N3OS. The molecule has 0 amide bonds. The minimum Gasteiger partial charge on any atom is -0.378 e. The SMILES string of the molecule is c1snnc1CNCCC1CCCCO1. The Hall–Kier alpha value is -0.520. The van der Waals surface area contributed by atoms with Gasteiger partial charge in [-0.2, -0.15) is 0 Å². The molecule has 2 heterocycles. The second-order valence-corrected chi connectivity index (χ2v) is 4.46. The largest absolute Gasteiger partial charge is 0.378 e. The van der Waals surface area contributed by atoms with E-state index in [0.29, 0.717) is 6.10 Å². The molecule has 1 unspecified atom stereocenters. The highest BCUT2D eigenvalue weighted by molar-refractivity contribution is 7.03. The van der Waals surface area contributed by atoms with Crippen molar-refractivity contribution in [2.75, 3.05) is 13.2 Å². The molecule has 1 aliphatic rings. The fraction of sp³-hybridized carbons (Fsp3) is 0.800. The van der Waals surface area contributed by atoms with E-state index in [-0.39, 0.29) is 0 Å². The van der Waals surface area contributed by atoms with Crippen LogP contribution in [0.4, 0.5) is 0 Å². The van der Waals surface area contributed by atoms with E-state index in [1.807, 2.05) is 5.38 Å². The lowest BCUT2D eigenvalue weighted by atomic mass is 10.1. The van der Waals surface area contributed by atoms with E-state index < -0.39 is 0 Å². The molecule has 1 fully saturated rings. The maximum absolute atomic E-state index is 5.65. The third-order valence-electron chi connectivity index (χ3n) is 2.63.